The largest absolute Gasteiger partial charge is 0.382 e. The molecule has 3 N–H and O–H groups in total. The number of benzene rings is 1. The lowest BCUT2D eigenvalue weighted by Gasteiger charge is -2.02. The number of nitrogens with two attached hydrogens (primary N) is 1. The van der Waals surface area contributed by atoms with Gasteiger partial charge in [-0.05, 0) is 37.6 Å². The van der Waals surface area contributed by atoms with Crippen LogP contribution in [0.3, 0.4) is 0 Å². The number of nitrogen functional groups attached to an aromatic ring is 1. The second-order valence-corrected chi connectivity index (χ2v) is 4.06. The summed E-state index contributed by atoms with van der Waals surface area (Å²) in [5.74, 6) is 0.530. The van der Waals surface area contributed by atoms with Gasteiger partial charge in [0.25, 0.3) is 0 Å². The van der Waals surface area contributed by atoms with Crippen LogP contribution in [0.2, 0.25) is 5.02 Å². The second-order valence-electron chi connectivity index (χ2n) is 3.63. The highest BCUT2D eigenvalue weighted by Crippen LogP contribution is 2.27. The normalized spacial score (nSPS) is 10.6. The highest BCUT2D eigenvalue weighted by molar-refractivity contribution is 6.30. The molecule has 0 aliphatic heterocycles. The molecule has 0 spiro atoms. The van der Waals surface area contributed by atoms with E-state index >= 15 is 0 Å². The van der Waals surface area contributed by atoms with E-state index in [1.165, 1.54) is 0 Å². The number of nitrogens with one attached hydrogen (secondary N) is 1. The van der Waals surface area contributed by atoms with Crippen molar-refractivity contribution in [3.8, 4) is 11.3 Å². The summed E-state index contributed by atoms with van der Waals surface area (Å²) in [5.41, 5.74) is 9.69. The number of anilines is 1. The number of aryl methyl sites for hydroxylation is 1. The van der Waals surface area contributed by atoms with Crippen LogP contribution >= 0.6 is 11.6 Å². The number of aromatic nitrogens is 2. The minimum atomic E-state index is 0.530. The van der Waals surface area contributed by atoms with Crippen molar-refractivity contribution >= 4 is 17.4 Å². The van der Waals surface area contributed by atoms with Gasteiger partial charge in [-0.3, -0.25) is 5.10 Å². The first-order valence-electron chi connectivity index (χ1n) is 4.66. The molecule has 0 aliphatic rings. The summed E-state index contributed by atoms with van der Waals surface area (Å²) < 4.78 is 0. The van der Waals surface area contributed by atoms with Gasteiger partial charge >= 0.3 is 0 Å². The van der Waals surface area contributed by atoms with Gasteiger partial charge in [-0.1, -0.05) is 11.6 Å². The van der Waals surface area contributed by atoms with E-state index in [4.69, 9.17) is 17.3 Å². The molecule has 4 heteroatoms. The van der Waals surface area contributed by atoms with Gasteiger partial charge in [-0.2, -0.15) is 5.10 Å². The molecule has 0 amide bonds. The quantitative estimate of drug-likeness (QED) is 0.778. The van der Waals surface area contributed by atoms with Crippen LogP contribution in [0.15, 0.2) is 18.2 Å². The lowest BCUT2D eigenvalue weighted by molar-refractivity contribution is 1.10. The van der Waals surface area contributed by atoms with E-state index in [-0.39, 0.29) is 0 Å². The molecule has 0 unspecified atom stereocenters. The topological polar surface area (TPSA) is 54.7 Å². The summed E-state index contributed by atoms with van der Waals surface area (Å²) in [6, 6.07) is 5.86. The molecule has 0 fully saturated rings. The molecule has 1 heterocycles. The third-order valence-corrected chi connectivity index (χ3v) is 2.60. The van der Waals surface area contributed by atoms with Gasteiger partial charge in [0.15, 0.2) is 0 Å². The number of aromatic amines is 1. The molecule has 1 aromatic carbocycles. The van der Waals surface area contributed by atoms with Crippen LogP contribution in [0.4, 0.5) is 5.82 Å². The summed E-state index contributed by atoms with van der Waals surface area (Å²) >= 11 is 5.99. The highest BCUT2D eigenvalue weighted by Gasteiger charge is 2.08. The molecular formula is C11H12ClN3. The minimum absolute atomic E-state index is 0.530. The van der Waals surface area contributed by atoms with Gasteiger partial charge in [-0.15, -0.1) is 0 Å². The fourth-order valence-electron chi connectivity index (χ4n) is 1.57. The Hall–Kier alpha value is -1.48. The monoisotopic (exact) mass is 221 g/mol. The van der Waals surface area contributed by atoms with E-state index in [0.717, 1.165) is 27.4 Å². The second kappa shape index (κ2) is 3.59. The molecular weight excluding hydrogens is 210 g/mol. The predicted molar refractivity (Wildman–Crippen MR) is 62.9 cm³/mol. The van der Waals surface area contributed by atoms with Gasteiger partial charge in [0, 0.05) is 16.1 Å². The Balaban J connectivity index is 2.58. The van der Waals surface area contributed by atoms with Crippen LogP contribution in [0.25, 0.3) is 11.3 Å². The third kappa shape index (κ3) is 1.83. The molecule has 0 saturated heterocycles. The van der Waals surface area contributed by atoms with Crippen LogP contribution < -0.4 is 5.73 Å². The van der Waals surface area contributed by atoms with E-state index in [1.807, 2.05) is 32.0 Å². The van der Waals surface area contributed by atoms with Gasteiger partial charge in [0.1, 0.15) is 5.82 Å². The molecule has 15 heavy (non-hydrogen) atoms. The third-order valence-electron chi connectivity index (χ3n) is 2.38. The molecule has 0 aliphatic carbocycles. The lowest BCUT2D eigenvalue weighted by Crippen LogP contribution is -1.86. The number of rotatable bonds is 1. The van der Waals surface area contributed by atoms with Crippen molar-refractivity contribution < 1.29 is 0 Å². The van der Waals surface area contributed by atoms with Crippen LogP contribution in [-0.4, -0.2) is 10.2 Å². The maximum absolute atomic E-state index is 5.99. The van der Waals surface area contributed by atoms with Gasteiger partial charge in [0.05, 0.1) is 5.69 Å². The van der Waals surface area contributed by atoms with E-state index in [2.05, 4.69) is 10.2 Å². The zero-order chi connectivity index (χ0) is 11.0. The Labute approximate surface area is 93.3 Å². The lowest BCUT2D eigenvalue weighted by atomic mass is 10.1. The van der Waals surface area contributed by atoms with Crippen LogP contribution in [0.1, 0.15) is 11.1 Å². The summed E-state index contributed by atoms with van der Waals surface area (Å²) in [6.07, 6.45) is 0. The fraction of sp³-hybridized carbons (Fsp3) is 0.182. The van der Waals surface area contributed by atoms with Crippen molar-refractivity contribution in [3.05, 3.63) is 34.3 Å². The first-order chi connectivity index (χ1) is 7.08. The number of hydrogen-bond donors (Lipinski definition) is 2. The summed E-state index contributed by atoms with van der Waals surface area (Å²) in [6.45, 7) is 3.94. The molecule has 2 aromatic rings. The Morgan fingerprint density at radius 2 is 2.00 bits per heavy atom. The maximum Gasteiger partial charge on any atom is 0.148 e. The Morgan fingerprint density at radius 3 is 2.53 bits per heavy atom. The van der Waals surface area contributed by atoms with Crippen molar-refractivity contribution in [2.24, 2.45) is 0 Å². The fourth-order valence-corrected chi connectivity index (χ4v) is 1.86. The highest BCUT2D eigenvalue weighted by atomic mass is 35.5. The minimum Gasteiger partial charge on any atom is -0.382 e. The number of hydrogen-bond acceptors (Lipinski definition) is 2. The van der Waals surface area contributed by atoms with Crippen molar-refractivity contribution in [2.75, 3.05) is 5.73 Å². The van der Waals surface area contributed by atoms with E-state index in [9.17, 15) is 0 Å². The Kier molecular flexibility index (Phi) is 2.40. The molecule has 2 rings (SSSR count). The van der Waals surface area contributed by atoms with Crippen molar-refractivity contribution in [2.45, 2.75) is 13.8 Å². The maximum atomic E-state index is 5.99. The van der Waals surface area contributed by atoms with Crippen LogP contribution in [0.5, 0.6) is 0 Å². The van der Waals surface area contributed by atoms with Crippen LogP contribution in [-0.2, 0) is 0 Å². The number of halogens is 1. The van der Waals surface area contributed by atoms with Gasteiger partial charge < -0.3 is 5.73 Å². The van der Waals surface area contributed by atoms with Crippen LogP contribution in [0, 0.1) is 13.8 Å². The van der Waals surface area contributed by atoms with E-state index < -0.39 is 0 Å². The molecule has 78 valence electrons. The molecule has 1 aromatic heterocycles. The smallest absolute Gasteiger partial charge is 0.148 e. The van der Waals surface area contributed by atoms with E-state index in [0.29, 0.717) is 5.82 Å². The average molecular weight is 222 g/mol. The molecule has 0 radical (unpaired) electrons. The van der Waals surface area contributed by atoms with Gasteiger partial charge in [0.2, 0.25) is 0 Å². The first-order valence-corrected chi connectivity index (χ1v) is 5.03. The summed E-state index contributed by atoms with van der Waals surface area (Å²) in [4.78, 5) is 0. The average Bonchev–Trinajstić information content (AvgIpc) is 2.46. The van der Waals surface area contributed by atoms with Crippen molar-refractivity contribution in [3.63, 3.8) is 0 Å². The molecule has 3 nitrogen and oxygen atoms in total. The zero-order valence-corrected chi connectivity index (χ0v) is 9.39. The Morgan fingerprint density at radius 1 is 1.27 bits per heavy atom. The predicted octanol–water partition coefficient (Wildman–Crippen LogP) is 2.93. The van der Waals surface area contributed by atoms with E-state index in [1.54, 1.807) is 0 Å². The van der Waals surface area contributed by atoms with Crippen molar-refractivity contribution in [1.29, 1.82) is 0 Å². The molecule has 0 saturated carbocycles. The first kappa shape index (κ1) is 10.1. The standard InChI is InChI=1S/C11H12ClN3/c1-6-3-8(5-9(12)4-6)10-7(2)11(13)15-14-10/h3-5H,1-2H3,(H3,13,14,15). The van der Waals surface area contributed by atoms with Crippen molar-refractivity contribution in [1.82, 2.24) is 10.2 Å². The summed E-state index contributed by atoms with van der Waals surface area (Å²) in [5, 5.41) is 7.59. The number of nitrogens with zero attached hydrogens (tertiary/aromatic N) is 1. The molecule has 0 atom stereocenters. The Bertz CT molecular complexity index is 482. The van der Waals surface area contributed by atoms with Gasteiger partial charge in [-0.25, -0.2) is 0 Å². The molecule has 0 bridgehead atoms. The SMILES string of the molecule is Cc1cc(Cl)cc(-c2[nH]nc(N)c2C)c1. The number of H-pyrrole nitrogens is 1. The zero-order valence-electron chi connectivity index (χ0n) is 8.63. The summed E-state index contributed by atoms with van der Waals surface area (Å²) in [7, 11) is 0.